The lowest BCUT2D eigenvalue weighted by Gasteiger charge is -2.14. The first kappa shape index (κ1) is 13.8. The lowest BCUT2D eigenvalue weighted by Crippen LogP contribution is -2.01. The number of ether oxygens (including phenoxy) is 3. The summed E-state index contributed by atoms with van der Waals surface area (Å²) in [5.41, 5.74) is 1.59. The number of aliphatic hydroxyl groups excluding tert-OH is 1. The number of hydrogen-bond acceptors (Lipinski definition) is 4. The molecule has 0 bridgehead atoms. The summed E-state index contributed by atoms with van der Waals surface area (Å²) in [5.74, 6) is 2.19. The van der Waals surface area contributed by atoms with E-state index in [2.05, 4.69) is 0 Å². The van der Waals surface area contributed by atoms with E-state index < -0.39 is 6.10 Å². The Kier molecular flexibility index (Phi) is 3.97. The Morgan fingerprint density at radius 1 is 0.952 bits per heavy atom. The maximum atomic E-state index is 10.5. The molecule has 0 saturated heterocycles. The number of fused-ring (bicyclic) bond motifs is 1. The molecule has 1 N–H and O–H groups in total. The van der Waals surface area contributed by atoms with E-state index in [0.717, 1.165) is 29.0 Å². The molecule has 1 aliphatic heterocycles. The van der Waals surface area contributed by atoms with Crippen LogP contribution in [0.2, 0.25) is 0 Å². The third-order valence-corrected chi connectivity index (χ3v) is 3.52. The quantitative estimate of drug-likeness (QED) is 0.942. The first-order valence-electron chi connectivity index (χ1n) is 6.99. The van der Waals surface area contributed by atoms with E-state index >= 15 is 0 Å². The number of rotatable bonds is 3. The van der Waals surface area contributed by atoms with Gasteiger partial charge in [-0.15, -0.1) is 0 Å². The van der Waals surface area contributed by atoms with Crippen molar-refractivity contribution < 1.29 is 19.3 Å². The molecule has 0 spiro atoms. The van der Waals surface area contributed by atoms with Crippen molar-refractivity contribution in [2.75, 3.05) is 20.3 Å². The maximum absolute atomic E-state index is 10.5. The average Bonchev–Trinajstić information content (AvgIpc) is 2.79. The van der Waals surface area contributed by atoms with Crippen molar-refractivity contribution >= 4 is 0 Å². The topological polar surface area (TPSA) is 47.9 Å². The predicted octanol–water partition coefficient (Wildman–Crippen LogP) is 2.94. The molecule has 2 aromatic rings. The molecule has 0 radical (unpaired) electrons. The third kappa shape index (κ3) is 2.95. The summed E-state index contributed by atoms with van der Waals surface area (Å²) in [6.45, 7) is 1.29. The molecule has 4 nitrogen and oxygen atoms in total. The highest BCUT2D eigenvalue weighted by Crippen LogP contribution is 2.34. The van der Waals surface area contributed by atoms with Gasteiger partial charge in [-0.2, -0.15) is 0 Å². The van der Waals surface area contributed by atoms with Crippen LogP contribution in [-0.4, -0.2) is 25.4 Å². The molecule has 1 atom stereocenters. The molecule has 0 amide bonds. The highest BCUT2D eigenvalue weighted by Gasteiger charge is 2.16. The Hall–Kier alpha value is -2.20. The van der Waals surface area contributed by atoms with Crippen molar-refractivity contribution in [3.63, 3.8) is 0 Å². The average molecular weight is 286 g/mol. The molecule has 3 rings (SSSR count). The second-order valence-corrected chi connectivity index (χ2v) is 4.93. The number of methoxy groups -OCH3 is 1. The Morgan fingerprint density at radius 3 is 2.33 bits per heavy atom. The van der Waals surface area contributed by atoms with Gasteiger partial charge >= 0.3 is 0 Å². The van der Waals surface area contributed by atoms with Crippen molar-refractivity contribution in [2.45, 2.75) is 12.5 Å². The molecule has 110 valence electrons. The fraction of sp³-hybridized carbons (Fsp3) is 0.294. The van der Waals surface area contributed by atoms with Crippen LogP contribution in [0, 0.1) is 0 Å². The molecular formula is C17H18O4. The van der Waals surface area contributed by atoms with Gasteiger partial charge in [-0.1, -0.05) is 18.2 Å². The summed E-state index contributed by atoms with van der Waals surface area (Å²) in [6.07, 6.45) is 0.165. The standard InChI is InChI=1S/C17H18O4/c1-19-14-6-3-12(4-7-14)17(18)13-5-8-15-16(11-13)21-10-2-9-20-15/h3-8,11,17-18H,2,9-10H2,1H3. The molecule has 0 saturated carbocycles. The van der Waals surface area contributed by atoms with Crippen LogP contribution in [0.1, 0.15) is 23.7 Å². The van der Waals surface area contributed by atoms with E-state index in [4.69, 9.17) is 14.2 Å². The Balaban J connectivity index is 1.86. The van der Waals surface area contributed by atoms with E-state index in [-0.39, 0.29) is 0 Å². The first-order valence-corrected chi connectivity index (χ1v) is 6.99. The van der Waals surface area contributed by atoms with Gasteiger partial charge in [-0.05, 0) is 35.4 Å². The minimum absolute atomic E-state index is 0.634. The van der Waals surface area contributed by atoms with Crippen LogP contribution in [-0.2, 0) is 0 Å². The van der Waals surface area contributed by atoms with Crippen LogP contribution in [0.4, 0.5) is 0 Å². The van der Waals surface area contributed by atoms with Crippen molar-refractivity contribution in [2.24, 2.45) is 0 Å². The number of hydrogen-bond donors (Lipinski definition) is 1. The molecule has 21 heavy (non-hydrogen) atoms. The summed E-state index contributed by atoms with van der Waals surface area (Å²) in [5, 5.41) is 10.5. The van der Waals surface area contributed by atoms with Gasteiger partial charge in [0.15, 0.2) is 11.5 Å². The Morgan fingerprint density at radius 2 is 1.62 bits per heavy atom. The highest BCUT2D eigenvalue weighted by atomic mass is 16.5. The zero-order valence-corrected chi connectivity index (χ0v) is 11.9. The normalized spacial score (nSPS) is 15.1. The van der Waals surface area contributed by atoms with Crippen LogP contribution in [0.25, 0.3) is 0 Å². The SMILES string of the molecule is COc1ccc(C(O)c2ccc3c(c2)OCCCO3)cc1. The summed E-state index contributed by atoms with van der Waals surface area (Å²) in [4.78, 5) is 0. The summed E-state index contributed by atoms with van der Waals surface area (Å²) in [6, 6.07) is 12.9. The highest BCUT2D eigenvalue weighted by molar-refractivity contribution is 5.46. The van der Waals surface area contributed by atoms with Gasteiger partial charge in [-0.3, -0.25) is 0 Å². The Labute approximate surface area is 123 Å². The minimum atomic E-state index is -0.701. The van der Waals surface area contributed by atoms with Crippen LogP contribution in [0.5, 0.6) is 17.2 Å². The molecule has 0 aliphatic carbocycles. The first-order chi connectivity index (χ1) is 10.3. The molecule has 1 unspecified atom stereocenters. The van der Waals surface area contributed by atoms with Crippen molar-refractivity contribution in [3.8, 4) is 17.2 Å². The zero-order chi connectivity index (χ0) is 14.7. The molecule has 0 fully saturated rings. The summed E-state index contributed by atoms with van der Waals surface area (Å²) >= 11 is 0. The van der Waals surface area contributed by atoms with E-state index in [1.807, 2.05) is 42.5 Å². The molecule has 4 heteroatoms. The van der Waals surface area contributed by atoms with Gasteiger partial charge in [0, 0.05) is 6.42 Å². The van der Waals surface area contributed by atoms with Crippen molar-refractivity contribution in [1.82, 2.24) is 0 Å². The lowest BCUT2D eigenvalue weighted by molar-refractivity contribution is 0.219. The largest absolute Gasteiger partial charge is 0.497 e. The maximum Gasteiger partial charge on any atom is 0.161 e. The van der Waals surface area contributed by atoms with E-state index in [0.29, 0.717) is 19.0 Å². The fourth-order valence-corrected chi connectivity index (χ4v) is 2.33. The molecule has 1 aliphatic rings. The van der Waals surface area contributed by atoms with E-state index in [9.17, 15) is 5.11 Å². The van der Waals surface area contributed by atoms with Crippen molar-refractivity contribution in [3.05, 3.63) is 53.6 Å². The van der Waals surface area contributed by atoms with Gasteiger partial charge in [0.2, 0.25) is 0 Å². The second-order valence-electron chi connectivity index (χ2n) is 4.93. The van der Waals surface area contributed by atoms with Gasteiger partial charge in [0.05, 0.1) is 20.3 Å². The summed E-state index contributed by atoms with van der Waals surface area (Å²) < 4.78 is 16.4. The second kappa shape index (κ2) is 6.06. The smallest absolute Gasteiger partial charge is 0.161 e. The van der Waals surface area contributed by atoms with Crippen LogP contribution >= 0.6 is 0 Å². The number of aliphatic hydroxyl groups is 1. The van der Waals surface area contributed by atoms with Gasteiger partial charge in [0.1, 0.15) is 11.9 Å². The molecular weight excluding hydrogens is 268 g/mol. The molecule has 1 heterocycles. The fourth-order valence-electron chi connectivity index (χ4n) is 2.33. The minimum Gasteiger partial charge on any atom is -0.497 e. The van der Waals surface area contributed by atoms with Crippen LogP contribution in [0.3, 0.4) is 0 Å². The van der Waals surface area contributed by atoms with Gasteiger partial charge < -0.3 is 19.3 Å². The predicted molar refractivity (Wildman–Crippen MR) is 79.1 cm³/mol. The van der Waals surface area contributed by atoms with E-state index in [1.54, 1.807) is 7.11 Å². The zero-order valence-electron chi connectivity index (χ0n) is 11.9. The lowest BCUT2D eigenvalue weighted by atomic mass is 10.0. The Bertz CT molecular complexity index is 607. The number of benzene rings is 2. The van der Waals surface area contributed by atoms with Gasteiger partial charge in [-0.25, -0.2) is 0 Å². The van der Waals surface area contributed by atoms with Crippen LogP contribution < -0.4 is 14.2 Å². The van der Waals surface area contributed by atoms with E-state index in [1.165, 1.54) is 0 Å². The monoisotopic (exact) mass is 286 g/mol. The summed E-state index contributed by atoms with van der Waals surface area (Å²) in [7, 11) is 1.62. The molecule has 0 aromatic heterocycles. The molecule has 2 aromatic carbocycles. The van der Waals surface area contributed by atoms with Crippen LogP contribution in [0.15, 0.2) is 42.5 Å². The third-order valence-electron chi connectivity index (χ3n) is 3.52. The van der Waals surface area contributed by atoms with Crippen molar-refractivity contribution in [1.29, 1.82) is 0 Å². The van der Waals surface area contributed by atoms with Gasteiger partial charge in [0.25, 0.3) is 0 Å².